The molecular formula is C28H28Cl2N2O2. The molecule has 3 aromatic carbocycles. The molecule has 0 saturated carbocycles. The van der Waals surface area contributed by atoms with Crippen molar-refractivity contribution in [3.8, 4) is 0 Å². The van der Waals surface area contributed by atoms with Gasteiger partial charge in [-0.3, -0.25) is 4.79 Å². The van der Waals surface area contributed by atoms with Crippen LogP contribution in [0.1, 0.15) is 34.7 Å². The number of hydrogen-bond acceptors (Lipinski definition) is 3. The summed E-state index contributed by atoms with van der Waals surface area (Å²) in [5, 5.41) is 1.18. The molecule has 176 valence electrons. The first-order valence-electron chi connectivity index (χ1n) is 11.6. The van der Waals surface area contributed by atoms with Crippen LogP contribution in [-0.4, -0.2) is 32.2 Å². The van der Waals surface area contributed by atoms with E-state index in [9.17, 15) is 4.79 Å². The second-order valence-corrected chi connectivity index (χ2v) is 10.2. The third-order valence-corrected chi connectivity index (χ3v) is 7.72. The summed E-state index contributed by atoms with van der Waals surface area (Å²) >= 11 is 13.2. The van der Waals surface area contributed by atoms with Crippen molar-refractivity contribution in [1.29, 1.82) is 0 Å². The second kappa shape index (κ2) is 8.92. The predicted molar refractivity (Wildman–Crippen MR) is 139 cm³/mol. The van der Waals surface area contributed by atoms with E-state index >= 15 is 0 Å². The number of carbonyl (C=O) groups is 1. The highest BCUT2D eigenvalue weighted by molar-refractivity contribution is 6.33. The van der Waals surface area contributed by atoms with Crippen LogP contribution in [0, 0.1) is 13.8 Å². The van der Waals surface area contributed by atoms with Crippen molar-refractivity contribution >= 4 is 40.5 Å². The van der Waals surface area contributed by atoms with E-state index in [4.69, 9.17) is 27.9 Å². The van der Waals surface area contributed by atoms with Crippen LogP contribution in [-0.2, 0) is 21.5 Å². The smallest absolute Gasteiger partial charge is 0.242 e. The van der Waals surface area contributed by atoms with E-state index in [-0.39, 0.29) is 5.91 Å². The van der Waals surface area contributed by atoms with Gasteiger partial charge in [-0.15, -0.1) is 0 Å². The number of anilines is 2. The molecule has 0 aromatic heterocycles. The Balaban J connectivity index is 1.61. The molecule has 1 unspecified atom stereocenters. The van der Waals surface area contributed by atoms with Crippen LogP contribution in [0.2, 0.25) is 10.0 Å². The molecule has 0 bridgehead atoms. The van der Waals surface area contributed by atoms with Crippen molar-refractivity contribution in [2.45, 2.75) is 32.7 Å². The van der Waals surface area contributed by atoms with E-state index in [1.165, 1.54) is 11.1 Å². The van der Waals surface area contributed by atoms with Crippen LogP contribution in [0.3, 0.4) is 0 Å². The summed E-state index contributed by atoms with van der Waals surface area (Å²) in [6, 6.07) is 18.0. The fraction of sp³-hybridized carbons (Fsp3) is 0.321. The number of morpholine rings is 1. The Morgan fingerprint density at radius 1 is 0.941 bits per heavy atom. The zero-order chi connectivity index (χ0) is 24.0. The van der Waals surface area contributed by atoms with Gasteiger partial charge >= 0.3 is 0 Å². The Morgan fingerprint density at radius 2 is 1.71 bits per heavy atom. The van der Waals surface area contributed by atoms with E-state index in [2.05, 4.69) is 43.0 Å². The molecule has 1 amide bonds. The molecule has 0 N–H and O–H groups in total. The molecule has 34 heavy (non-hydrogen) atoms. The Morgan fingerprint density at radius 3 is 2.44 bits per heavy atom. The molecule has 0 radical (unpaired) electrons. The maximum Gasteiger partial charge on any atom is 0.242 e. The van der Waals surface area contributed by atoms with Crippen molar-refractivity contribution in [3.63, 3.8) is 0 Å². The number of rotatable bonds is 4. The molecule has 4 nitrogen and oxygen atoms in total. The topological polar surface area (TPSA) is 32.8 Å². The molecule has 0 aliphatic carbocycles. The minimum Gasteiger partial charge on any atom is -0.378 e. The molecule has 2 aliphatic heterocycles. The number of halogens is 2. The first-order valence-corrected chi connectivity index (χ1v) is 12.4. The number of aryl methyl sites for hydroxylation is 2. The molecule has 2 aliphatic rings. The van der Waals surface area contributed by atoms with Crippen molar-refractivity contribution in [1.82, 2.24) is 0 Å². The number of nitrogens with zero attached hydrogens (tertiary/aromatic N) is 2. The highest BCUT2D eigenvalue weighted by Crippen LogP contribution is 2.50. The average molecular weight is 495 g/mol. The first-order chi connectivity index (χ1) is 16.3. The Kier molecular flexibility index (Phi) is 6.09. The number of carbonyl (C=O) groups excluding carboxylic acids is 1. The lowest BCUT2D eigenvalue weighted by atomic mass is 9.77. The number of fused-ring (bicyclic) bond motifs is 1. The molecule has 5 rings (SSSR count). The monoisotopic (exact) mass is 494 g/mol. The van der Waals surface area contributed by atoms with Crippen LogP contribution in [0.4, 0.5) is 11.4 Å². The second-order valence-electron chi connectivity index (χ2n) is 9.37. The molecule has 2 heterocycles. The lowest BCUT2D eigenvalue weighted by Crippen LogP contribution is -2.40. The highest BCUT2D eigenvalue weighted by Gasteiger charge is 2.50. The molecule has 1 fully saturated rings. The van der Waals surface area contributed by atoms with Gasteiger partial charge in [-0.2, -0.15) is 0 Å². The Labute approximate surface area is 211 Å². The number of hydrogen-bond donors (Lipinski definition) is 0. The summed E-state index contributed by atoms with van der Waals surface area (Å²) in [4.78, 5) is 18.4. The highest BCUT2D eigenvalue weighted by atomic mass is 35.5. The van der Waals surface area contributed by atoms with Gasteiger partial charge in [0, 0.05) is 34.5 Å². The first kappa shape index (κ1) is 23.2. The van der Waals surface area contributed by atoms with E-state index in [0.717, 1.165) is 41.2 Å². The van der Waals surface area contributed by atoms with Gasteiger partial charge in [0.15, 0.2) is 0 Å². The quantitative estimate of drug-likeness (QED) is 0.426. The fourth-order valence-electron chi connectivity index (χ4n) is 5.16. The minimum atomic E-state index is -0.946. The van der Waals surface area contributed by atoms with Crippen LogP contribution >= 0.6 is 23.2 Å². The van der Waals surface area contributed by atoms with Gasteiger partial charge in [-0.05, 0) is 79.4 Å². The van der Waals surface area contributed by atoms with E-state index < -0.39 is 5.41 Å². The van der Waals surface area contributed by atoms with Crippen molar-refractivity contribution in [2.24, 2.45) is 0 Å². The minimum absolute atomic E-state index is 0.00534. The molecule has 3 aromatic rings. The van der Waals surface area contributed by atoms with Gasteiger partial charge in [0.2, 0.25) is 5.91 Å². The molecule has 0 spiro atoms. The Hall–Kier alpha value is -2.53. The summed E-state index contributed by atoms with van der Waals surface area (Å²) in [5.74, 6) is 0.00534. The maximum absolute atomic E-state index is 14.2. The lowest BCUT2D eigenvalue weighted by molar-refractivity contribution is -0.121. The number of benzene rings is 3. The summed E-state index contributed by atoms with van der Waals surface area (Å²) in [6.07, 6.45) is 0. The van der Waals surface area contributed by atoms with Gasteiger partial charge < -0.3 is 14.5 Å². The van der Waals surface area contributed by atoms with Crippen LogP contribution < -0.4 is 9.80 Å². The largest absolute Gasteiger partial charge is 0.378 e. The van der Waals surface area contributed by atoms with E-state index in [1.54, 1.807) is 0 Å². The number of ether oxygens (including phenoxy) is 1. The van der Waals surface area contributed by atoms with E-state index in [0.29, 0.717) is 29.8 Å². The SMILES string of the molecule is Cc1ccc(CN2C(=O)C(C)(c3cc(N4CCOCC4)ccc3Cl)c3cc(Cl)ccc32)c(C)c1. The summed E-state index contributed by atoms with van der Waals surface area (Å²) < 4.78 is 5.52. The standard InChI is InChI=1S/C28H28Cl2N2O2/c1-18-4-5-20(19(2)14-18)17-32-26-9-6-21(29)15-24(26)28(3,27(32)33)23-16-22(7-8-25(23)30)31-10-12-34-13-11-31/h4-9,14-16H,10-13,17H2,1-3H3. The zero-order valence-electron chi connectivity index (χ0n) is 19.7. The van der Waals surface area contributed by atoms with Crippen LogP contribution in [0.5, 0.6) is 0 Å². The van der Waals surface area contributed by atoms with Gasteiger partial charge in [0.25, 0.3) is 0 Å². The van der Waals surface area contributed by atoms with Gasteiger partial charge in [-0.25, -0.2) is 0 Å². The van der Waals surface area contributed by atoms with Crippen molar-refractivity contribution < 1.29 is 9.53 Å². The third-order valence-electron chi connectivity index (χ3n) is 7.15. The zero-order valence-corrected chi connectivity index (χ0v) is 21.2. The van der Waals surface area contributed by atoms with Crippen LogP contribution in [0.15, 0.2) is 54.6 Å². The molecule has 1 atom stereocenters. The van der Waals surface area contributed by atoms with E-state index in [1.807, 2.05) is 42.2 Å². The average Bonchev–Trinajstić information content (AvgIpc) is 3.03. The summed E-state index contributed by atoms with van der Waals surface area (Å²) in [7, 11) is 0. The van der Waals surface area contributed by atoms with Crippen molar-refractivity contribution in [3.05, 3.63) is 92.5 Å². The maximum atomic E-state index is 14.2. The summed E-state index contributed by atoms with van der Waals surface area (Å²) in [5.41, 5.74) is 6.17. The normalized spacial score (nSPS) is 20.1. The predicted octanol–water partition coefficient (Wildman–Crippen LogP) is 6.30. The fourth-order valence-corrected chi connectivity index (χ4v) is 5.64. The van der Waals surface area contributed by atoms with Gasteiger partial charge in [-0.1, -0.05) is 47.0 Å². The van der Waals surface area contributed by atoms with Crippen molar-refractivity contribution in [2.75, 3.05) is 36.1 Å². The molecular weight excluding hydrogens is 467 g/mol. The van der Waals surface area contributed by atoms with Gasteiger partial charge in [0.1, 0.15) is 5.41 Å². The van der Waals surface area contributed by atoms with Crippen LogP contribution in [0.25, 0.3) is 0 Å². The molecule has 6 heteroatoms. The summed E-state index contributed by atoms with van der Waals surface area (Å²) in [6.45, 7) is 9.64. The van der Waals surface area contributed by atoms with Gasteiger partial charge in [0.05, 0.1) is 19.8 Å². The lowest BCUT2D eigenvalue weighted by Gasteiger charge is -2.31. The molecule has 1 saturated heterocycles. The Bertz CT molecular complexity index is 1270. The third kappa shape index (κ3) is 3.88. The number of amides is 1.